The van der Waals surface area contributed by atoms with Crippen molar-refractivity contribution in [2.75, 3.05) is 25.4 Å². The molecule has 0 spiro atoms. The van der Waals surface area contributed by atoms with Crippen molar-refractivity contribution < 1.29 is 67.7 Å². The number of rotatable bonds is 29. The number of primary amides is 2. The number of carbonyl (C=O) groups is 12. The number of nitrogens with one attached hydrogen (secondary N) is 9. The molecule has 0 rings (SSSR count). The van der Waals surface area contributed by atoms with E-state index >= 15 is 0 Å². The molecule has 0 unspecified atom stereocenters. The van der Waals surface area contributed by atoms with Gasteiger partial charge in [-0.1, -0.05) is 48.0 Å². The van der Waals surface area contributed by atoms with Crippen molar-refractivity contribution in [3.05, 3.63) is 0 Å². The number of amides is 11. The van der Waals surface area contributed by atoms with Crippen molar-refractivity contribution in [1.82, 2.24) is 47.9 Å². The summed E-state index contributed by atoms with van der Waals surface area (Å²) in [7, 11) is 0. The molecule has 0 aromatic rings. The van der Waals surface area contributed by atoms with Gasteiger partial charge >= 0.3 is 5.97 Å². The second-order valence-corrected chi connectivity index (χ2v) is 15.8. The van der Waals surface area contributed by atoms with Crippen LogP contribution in [0.25, 0.3) is 0 Å². The number of carboxylic acids is 1. The van der Waals surface area contributed by atoms with Gasteiger partial charge in [0.15, 0.2) is 6.04 Å². The highest BCUT2D eigenvalue weighted by atomic mass is 32.1. The van der Waals surface area contributed by atoms with Gasteiger partial charge in [-0.2, -0.15) is 12.6 Å². The second-order valence-electron chi connectivity index (χ2n) is 15.5. The van der Waals surface area contributed by atoms with Crippen LogP contribution in [0.5, 0.6) is 0 Å². The SMILES string of the molecule is CC[C@H](C)[C@H](NC(=O)[C@@H](NC(=O)[C@@H](N)CS)C(C)C)C(=O)NCC(=O)NCC(=O)N[C@H](C(=O)NCC(=O)N[C@@H](CC(N)=O)C(=O)N[C@@H](CC(N)=O)C(=O)N[C@H](C(=O)O)[C@@H](C)O)C(C)C. The van der Waals surface area contributed by atoms with Crippen LogP contribution in [-0.4, -0.2) is 155 Å². The smallest absolute Gasteiger partial charge is 0.328 e. The van der Waals surface area contributed by atoms with Crippen LogP contribution in [0.3, 0.4) is 0 Å². The quantitative estimate of drug-likeness (QED) is 0.0310. The fraction of sp³-hybridized carbons (Fsp3) is 0.676. The first kappa shape index (κ1) is 57.9. The molecule has 17 N–H and O–H groups in total. The van der Waals surface area contributed by atoms with Gasteiger partial charge in [0, 0.05) is 5.75 Å². The van der Waals surface area contributed by atoms with E-state index in [-0.39, 0.29) is 11.7 Å². The Labute approximate surface area is 375 Å². The Morgan fingerprint density at radius 3 is 1.38 bits per heavy atom. The minimum Gasteiger partial charge on any atom is -0.480 e. The largest absolute Gasteiger partial charge is 0.480 e. The zero-order valence-electron chi connectivity index (χ0n) is 36.8. The summed E-state index contributed by atoms with van der Waals surface area (Å²) in [6.07, 6.45) is -2.86. The molecule has 9 atom stereocenters. The summed E-state index contributed by atoms with van der Waals surface area (Å²) in [5, 5.41) is 39.6. The maximum absolute atomic E-state index is 13.2. The molecule has 0 aliphatic rings. The standard InChI is InChI=1S/C37H64N12O14S/c1-8-17(6)29(48-36(61)28(16(4)5)47-31(56)19(38)14-64)35(60)42-11-24(53)41-12-26(55)46-27(15(2)3)34(59)43-13-25(54)44-20(9-22(39)51)32(57)45-21(10-23(40)52)33(58)49-30(18(7)50)37(62)63/h15-21,27-30,50,64H,8-14,38H2,1-7H3,(H2,39,51)(H2,40,52)(H,41,53)(H,42,60)(H,43,59)(H,44,54)(H,45,57)(H,46,55)(H,47,56)(H,48,61)(H,49,58)(H,62,63)/t17-,18+,19-,20-,21-,27-,28-,29-,30-/m0/s1. The van der Waals surface area contributed by atoms with E-state index in [1.54, 1.807) is 41.5 Å². The Morgan fingerprint density at radius 1 is 0.516 bits per heavy atom. The number of hydrogen-bond acceptors (Lipinski definition) is 15. The molecule has 27 heteroatoms. The van der Waals surface area contributed by atoms with Crippen molar-refractivity contribution >= 4 is 83.6 Å². The summed E-state index contributed by atoms with van der Waals surface area (Å²) < 4.78 is 0. The Hall–Kier alpha value is -6.09. The van der Waals surface area contributed by atoms with E-state index in [4.69, 9.17) is 17.2 Å². The molecule has 0 aromatic heterocycles. The third kappa shape index (κ3) is 21.3. The first-order valence-corrected chi connectivity index (χ1v) is 20.8. The highest BCUT2D eigenvalue weighted by Gasteiger charge is 2.35. The lowest BCUT2D eigenvalue weighted by Gasteiger charge is -2.28. The molecular weight excluding hydrogens is 869 g/mol. The van der Waals surface area contributed by atoms with Gasteiger partial charge < -0.3 is 75.3 Å². The molecule has 0 aromatic carbocycles. The van der Waals surface area contributed by atoms with Crippen molar-refractivity contribution in [2.24, 2.45) is 35.0 Å². The third-order valence-corrected chi connectivity index (χ3v) is 9.67. The normalized spacial score (nSPS) is 15.2. The van der Waals surface area contributed by atoms with Crippen molar-refractivity contribution in [2.45, 2.75) is 116 Å². The number of carbonyl (C=O) groups excluding carboxylic acids is 11. The monoisotopic (exact) mass is 932 g/mol. The lowest BCUT2D eigenvalue weighted by atomic mass is 9.96. The van der Waals surface area contributed by atoms with E-state index in [1.807, 2.05) is 5.32 Å². The predicted molar refractivity (Wildman–Crippen MR) is 229 cm³/mol. The number of aliphatic hydroxyl groups excluding tert-OH is 1. The molecule has 0 saturated heterocycles. The average Bonchev–Trinajstić information content (AvgIpc) is 3.20. The average molecular weight is 933 g/mol. The molecule has 0 fully saturated rings. The molecule has 64 heavy (non-hydrogen) atoms. The summed E-state index contributed by atoms with van der Waals surface area (Å²) in [5.41, 5.74) is 16.1. The van der Waals surface area contributed by atoms with E-state index in [0.717, 1.165) is 6.92 Å². The first-order valence-electron chi connectivity index (χ1n) is 20.1. The van der Waals surface area contributed by atoms with Crippen molar-refractivity contribution in [1.29, 1.82) is 0 Å². The fourth-order valence-electron chi connectivity index (χ4n) is 5.36. The van der Waals surface area contributed by atoms with Crippen LogP contribution in [0.2, 0.25) is 0 Å². The van der Waals surface area contributed by atoms with Gasteiger partial charge in [0.1, 0.15) is 30.2 Å². The minimum atomic E-state index is -1.85. The van der Waals surface area contributed by atoms with Gasteiger partial charge in [0.05, 0.1) is 44.6 Å². The Balaban J connectivity index is 5.48. The molecule has 0 aliphatic heterocycles. The molecule has 0 bridgehead atoms. The van der Waals surface area contributed by atoms with Crippen LogP contribution in [0, 0.1) is 17.8 Å². The molecular formula is C37H64N12O14S. The molecule has 362 valence electrons. The minimum absolute atomic E-state index is 0.0350. The van der Waals surface area contributed by atoms with Crippen LogP contribution >= 0.6 is 12.6 Å². The van der Waals surface area contributed by atoms with Crippen LogP contribution in [0.1, 0.15) is 67.7 Å². The van der Waals surface area contributed by atoms with Crippen molar-refractivity contribution in [3.8, 4) is 0 Å². The van der Waals surface area contributed by atoms with Crippen LogP contribution in [-0.2, 0) is 57.5 Å². The summed E-state index contributed by atoms with van der Waals surface area (Å²) in [4.78, 5) is 150. The topological polar surface area (TPSA) is 432 Å². The molecule has 0 aliphatic carbocycles. The summed E-state index contributed by atoms with van der Waals surface area (Å²) in [5.74, 6) is -13.3. The number of hydrogen-bond donors (Lipinski definition) is 15. The first-order chi connectivity index (χ1) is 29.7. The Kier molecular flexibility index (Phi) is 25.9. The van der Waals surface area contributed by atoms with Gasteiger partial charge in [-0.3, -0.25) is 52.7 Å². The lowest BCUT2D eigenvalue weighted by molar-refractivity contribution is -0.145. The van der Waals surface area contributed by atoms with Gasteiger partial charge in [-0.15, -0.1) is 0 Å². The number of thiol groups is 1. The van der Waals surface area contributed by atoms with E-state index in [2.05, 4.69) is 55.2 Å². The molecule has 0 saturated carbocycles. The van der Waals surface area contributed by atoms with Gasteiger partial charge in [-0.25, -0.2) is 4.79 Å². The number of aliphatic carboxylic acids is 1. The Morgan fingerprint density at radius 2 is 0.922 bits per heavy atom. The van der Waals surface area contributed by atoms with Crippen LogP contribution < -0.4 is 65.1 Å². The zero-order chi connectivity index (χ0) is 49.6. The molecule has 0 radical (unpaired) electrons. The van der Waals surface area contributed by atoms with Gasteiger partial charge in [0.2, 0.25) is 65.0 Å². The molecule has 0 heterocycles. The summed E-state index contributed by atoms with van der Waals surface area (Å²) >= 11 is 3.99. The summed E-state index contributed by atoms with van der Waals surface area (Å²) in [6, 6.07) is -9.86. The Bertz CT molecular complexity index is 1720. The number of aliphatic hydroxyl groups is 1. The van der Waals surface area contributed by atoms with Gasteiger partial charge in [0.25, 0.3) is 0 Å². The number of carboxylic acid groups (broad SMARTS) is 1. The second kappa shape index (κ2) is 28.6. The van der Waals surface area contributed by atoms with Crippen LogP contribution in [0.4, 0.5) is 0 Å². The zero-order valence-corrected chi connectivity index (χ0v) is 37.7. The van der Waals surface area contributed by atoms with E-state index in [1.165, 1.54) is 0 Å². The van der Waals surface area contributed by atoms with Crippen molar-refractivity contribution in [3.63, 3.8) is 0 Å². The highest BCUT2D eigenvalue weighted by molar-refractivity contribution is 7.80. The maximum atomic E-state index is 13.2. The van der Waals surface area contributed by atoms with E-state index < -0.39 is 164 Å². The van der Waals surface area contributed by atoms with Crippen LogP contribution in [0.15, 0.2) is 0 Å². The molecule has 11 amide bonds. The highest BCUT2D eigenvalue weighted by Crippen LogP contribution is 2.11. The predicted octanol–water partition coefficient (Wildman–Crippen LogP) is -6.92. The van der Waals surface area contributed by atoms with E-state index in [0.29, 0.717) is 6.42 Å². The maximum Gasteiger partial charge on any atom is 0.328 e. The van der Waals surface area contributed by atoms with Gasteiger partial charge in [-0.05, 0) is 24.7 Å². The lowest BCUT2D eigenvalue weighted by Crippen LogP contribution is -2.59. The molecule has 26 nitrogen and oxygen atoms in total. The summed E-state index contributed by atoms with van der Waals surface area (Å²) in [6.45, 7) is 8.90. The number of nitrogens with two attached hydrogens (primary N) is 3. The third-order valence-electron chi connectivity index (χ3n) is 9.27. The van der Waals surface area contributed by atoms with E-state index in [9.17, 15) is 67.7 Å². The fourth-order valence-corrected chi connectivity index (χ4v) is 5.53.